The minimum Gasteiger partial charge on any atom is -0.337 e. The second-order valence-corrected chi connectivity index (χ2v) is 6.54. The van der Waals surface area contributed by atoms with E-state index in [9.17, 15) is 8.42 Å². The molecule has 0 radical (unpaired) electrons. The zero-order valence-corrected chi connectivity index (χ0v) is 9.49. The zero-order chi connectivity index (χ0) is 10.4. The lowest BCUT2D eigenvalue weighted by molar-refractivity contribution is 0.361. The van der Waals surface area contributed by atoms with Crippen LogP contribution in [0.25, 0.3) is 0 Å². The SMILES string of the molecule is CC1(n2cc[nH]c2=S)CCS(=O)(=O)C1. The number of rotatable bonds is 1. The van der Waals surface area contributed by atoms with E-state index in [0.29, 0.717) is 11.2 Å². The van der Waals surface area contributed by atoms with Gasteiger partial charge in [0.1, 0.15) is 0 Å². The lowest BCUT2D eigenvalue weighted by Crippen LogP contribution is -2.30. The van der Waals surface area contributed by atoms with Crippen LogP contribution in [0.3, 0.4) is 0 Å². The number of sulfone groups is 1. The molecule has 0 bridgehead atoms. The molecule has 1 unspecified atom stereocenters. The summed E-state index contributed by atoms with van der Waals surface area (Å²) in [7, 11) is -2.88. The first-order chi connectivity index (χ1) is 6.43. The lowest BCUT2D eigenvalue weighted by atomic mass is 10.0. The van der Waals surface area contributed by atoms with E-state index in [0.717, 1.165) is 0 Å². The summed E-state index contributed by atoms with van der Waals surface area (Å²) in [6.45, 7) is 1.93. The molecule has 0 aromatic carbocycles. The van der Waals surface area contributed by atoms with E-state index < -0.39 is 9.84 Å². The van der Waals surface area contributed by atoms with Crippen molar-refractivity contribution in [2.75, 3.05) is 11.5 Å². The first kappa shape index (κ1) is 9.92. The summed E-state index contributed by atoms with van der Waals surface area (Å²) in [5, 5.41) is 0. The Bertz CT molecular complexity index is 499. The van der Waals surface area contributed by atoms with Crippen molar-refractivity contribution in [1.82, 2.24) is 9.55 Å². The van der Waals surface area contributed by atoms with Gasteiger partial charge in [-0.05, 0) is 25.6 Å². The van der Waals surface area contributed by atoms with Gasteiger partial charge in [0, 0.05) is 12.4 Å². The molecule has 1 fully saturated rings. The molecule has 0 amide bonds. The number of hydrogen-bond donors (Lipinski definition) is 1. The van der Waals surface area contributed by atoms with Crippen molar-refractivity contribution >= 4 is 22.1 Å². The Kier molecular flexibility index (Phi) is 2.08. The second kappa shape index (κ2) is 2.93. The Hall–Kier alpha value is -0.620. The maximum atomic E-state index is 11.4. The van der Waals surface area contributed by atoms with Crippen LogP contribution in [0.5, 0.6) is 0 Å². The van der Waals surface area contributed by atoms with Gasteiger partial charge in [0.2, 0.25) is 0 Å². The first-order valence-corrected chi connectivity index (χ1v) is 6.63. The molecular weight excluding hydrogens is 220 g/mol. The molecule has 1 aliphatic heterocycles. The fourth-order valence-electron chi connectivity index (χ4n) is 1.93. The summed E-state index contributed by atoms with van der Waals surface area (Å²) in [6.07, 6.45) is 4.18. The molecule has 1 aromatic heterocycles. The largest absolute Gasteiger partial charge is 0.337 e. The van der Waals surface area contributed by atoms with Crippen molar-refractivity contribution in [3.05, 3.63) is 17.2 Å². The third kappa shape index (κ3) is 1.52. The molecule has 6 heteroatoms. The highest BCUT2D eigenvalue weighted by Gasteiger charge is 2.39. The molecule has 14 heavy (non-hydrogen) atoms. The molecule has 0 saturated carbocycles. The van der Waals surface area contributed by atoms with Gasteiger partial charge in [0.05, 0.1) is 17.0 Å². The minimum atomic E-state index is -2.88. The van der Waals surface area contributed by atoms with Gasteiger partial charge >= 0.3 is 0 Å². The van der Waals surface area contributed by atoms with Crippen molar-refractivity contribution in [3.63, 3.8) is 0 Å². The number of H-pyrrole nitrogens is 1. The number of nitrogens with one attached hydrogen (secondary N) is 1. The Morgan fingerprint density at radius 2 is 2.36 bits per heavy atom. The summed E-state index contributed by atoms with van der Waals surface area (Å²) in [5.74, 6) is 0.447. The Morgan fingerprint density at radius 1 is 1.64 bits per heavy atom. The van der Waals surface area contributed by atoms with Gasteiger partial charge in [0.25, 0.3) is 0 Å². The Morgan fingerprint density at radius 3 is 2.79 bits per heavy atom. The van der Waals surface area contributed by atoms with Gasteiger partial charge in [-0.2, -0.15) is 0 Å². The van der Waals surface area contributed by atoms with Crippen molar-refractivity contribution in [1.29, 1.82) is 0 Å². The Labute approximate surface area is 87.9 Å². The number of hydrogen-bond acceptors (Lipinski definition) is 3. The quantitative estimate of drug-likeness (QED) is 0.737. The molecule has 78 valence electrons. The van der Waals surface area contributed by atoms with E-state index in [-0.39, 0.29) is 17.0 Å². The summed E-state index contributed by atoms with van der Waals surface area (Å²) < 4.78 is 25.2. The van der Waals surface area contributed by atoms with Crippen molar-refractivity contribution < 1.29 is 8.42 Å². The molecule has 1 saturated heterocycles. The average Bonchev–Trinajstić information content (AvgIpc) is 2.57. The molecule has 2 rings (SSSR count). The summed E-state index contributed by atoms with van der Waals surface area (Å²) in [4.78, 5) is 2.88. The predicted octanol–water partition coefficient (Wildman–Crippen LogP) is 1.08. The highest BCUT2D eigenvalue weighted by atomic mass is 32.2. The van der Waals surface area contributed by atoms with E-state index in [1.807, 2.05) is 17.7 Å². The maximum Gasteiger partial charge on any atom is 0.177 e. The normalized spacial score (nSPS) is 30.6. The van der Waals surface area contributed by atoms with Crippen LogP contribution in [0.1, 0.15) is 13.3 Å². The molecule has 0 spiro atoms. The fourth-order valence-corrected chi connectivity index (χ4v) is 4.40. The molecule has 4 nitrogen and oxygen atoms in total. The van der Waals surface area contributed by atoms with Crippen molar-refractivity contribution in [2.24, 2.45) is 0 Å². The van der Waals surface area contributed by atoms with Crippen LogP contribution >= 0.6 is 12.2 Å². The van der Waals surface area contributed by atoms with Crippen LogP contribution in [0.15, 0.2) is 12.4 Å². The maximum absolute atomic E-state index is 11.4. The molecule has 1 atom stereocenters. The van der Waals surface area contributed by atoms with Crippen LogP contribution in [-0.4, -0.2) is 29.5 Å². The summed E-state index contributed by atoms with van der Waals surface area (Å²) in [6, 6.07) is 0. The smallest absolute Gasteiger partial charge is 0.177 e. The fraction of sp³-hybridized carbons (Fsp3) is 0.625. The third-order valence-electron chi connectivity index (χ3n) is 2.71. The summed E-state index contributed by atoms with van der Waals surface area (Å²) in [5.41, 5.74) is -0.365. The monoisotopic (exact) mass is 232 g/mol. The average molecular weight is 232 g/mol. The van der Waals surface area contributed by atoms with Gasteiger partial charge in [-0.15, -0.1) is 0 Å². The summed E-state index contributed by atoms with van der Waals surface area (Å²) >= 11 is 5.08. The number of aromatic amines is 1. The minimum absolute atomic E-state index is 0.187. The highest BCUT2D eigenvalue weighted by Crippen LogP contribution is 2.30. The number of nitrogens with zero attached hydrogens (tertiary/aromatic N) is 1. The van der Waals surface area contributed by atoms with E-state index in [4.69, 9.17) is 12.2 Å². The van der Waals surface area contributed by atoms with Gasteiger partial charge in [-0.1, -0.05) is 0 Å². The van der Waals surface area contributed by atoms with Crippen LogP contribution in [0.4, 0.5) is 0 Å². The second-order valence-electron chi connectivity index (χ2n) is 3.97. The number of imidazole rings is 1. The number of aromatic nitrogens is 2. The van der Waals surface area contributed by atoms with Crippen LogP contribution < -0.4 is 0 Å². The molecule has 2 heterocycles. The first-order valence-electron chi connectivity index (χ1n) is 4.40. The van der Waals surface area contributed by atoms with Gasteiger partial charge < -0.3 is 9.55 Å². The van der Waals surface area contributed by atoms with E-state index in [1.165, 1.54) is 0 Å². The van der Waals surface area contributed by atoms with Gasteiger partial charge in [-0.25, -0.2) is 8.42 Å². The van der Waals surface area contributed by atoms with Crippen molar-refractivity contribution in [3.8, 4) is 0 Å². The van der Waals surface area contributed by atoms with E-state index in [1.54, 1.807) is 6.20 Å². The van der Waals surface area contributed by atoms with Crippen LogP contribution in [0, 0.1) is 4.77 Å². The predicted molar refractivity (Wildman–Crippen MR) is 56.5 cm³/mol. The van der Waals surface area contributed by atoms with E-state index >= 15 is 0 Å². The molecule has 0 aliphatic carbocycles. The molecule has 1 aromatic rings. The molecule has 1 aliphatic rings. The Balaban J connectivity index is 2.46. The van der Waals surface area contributed by atoms with Gasteiger partial charge in [0.15, 0.2) is 14.6 Å². The highest BCUT2D eigenvalue weighted by molar-refractivity contribution is 7.91. The zero-order valence-electron chi connectivity index (χ0n) is 7.86. The van der Waals surface area contributed by atoms with Crippen LogP contribution in [-0.2, 0) is 15.4 Å². The van der Waals surface area contributed by atoms with Gasteiger partial charge in [-0.3, -0.25) is 0 Å². The van der Waals surface area contributed by atoms with E-state index in [2.05, 4.69) is 4.98 Å². The lowest BCUT2D eigenvalue weighted by Gasteiger charge is -2.23. The topological polar surface area (TPSA) is 54.9 Å². The third-order valence-corrected chi connectivity index (χ3v) is 4.92. The molecule has 1 N–H and O–H groups in total. The standard InChI is InChI=1S/C8H12N2O2S2/c1-8(2-5-14(11,12)6-8)10-4-3-9-7(10)13/h3-4H,2,5-6H2,1H3,(H,9,13). The van der Waals surface area contributed by atoms with Crippen LogP contribution in [0.2, 0.25) is 0 Å². The molecular formula is C8H12N2O2S2. The van der Waals surface area contributed by atoms with Crippen molar-refractivity contribution in [2.45, 2.75) is 18.9 Å².